The summed E-state index contributed by atoms with van der Waals surface area (Å²) < 4.78 is 6.62. The number of fused-ring (bicyclic) bond motifs is 1. The van der Waals surface area contributed by atoms with E-state index in [2.05, 4.69) is 20.8 Å². The molecule has 0 fully saturated rings. The monoisotopic (exact) mass is 400 g/mol. The molecule has 3 aromatic rings. The van der Waals surface area contributed by atoms with Gasteiger partial charge in [0.2, 0.25) is 5.91 Å². The van der Waals surface area contributed by atoms with Crippen LogP contribution in [-0.4, -0.2) is 28.0 Å². The highest BCUT2D eigenvalue weighted by Gasteiger charge is 2.24. The van der Waals surface area contributed by atoms with Gasteiger partial charge >= 0.3 is 0 Å². The van der Waals surface area contributed by atoms with E-state index in [0.29, 0.717) is 17.5 Å². The Morgan fingerprint density at radius 2 is 1.85 bits per heavy atom. The molecule has 0 aliphatic carbocycles. The van der Waals surface area contributed by atoms with Crippen molar-refractivity contribution in [1.29, 1.82) is 0 Å². The lowest BCUT2D eigenvalue weighted by Crippen LogP contribution is -2.29. The van der Waals surface area contributed by atoms with Crippen LogP contribution in [0.4, 0.5) is 10.8 Å². The molecule has 27 heavy (non-hydrogen) atoms. The molecule has 0 spiro atoms. The van der Waals surface area contributed by atoms with Crippen molar-refractivity contribution in [2.75, 3.05) is 17.3 Å². The number of ether oxygens (including phenoxy) is 1. The number of thioether (sulfide) groups is 1. The smallest absolute Gasteiger partial charge is 0.243 e. The molecule has 4 nitrogen and oxygen atoms in total. The number of carbonyl (C=O) groups excluding carboxylic acids is 1. The largest absolute Gasteiger partial charge is 0.494 e. The average molecular weight is 401 g/mol. The SMILES string of the molecule is CCOc1ccc(N(C(=O)CSC(C)(C)C)c2nc3ccccc3s2)cc1. The minimum atomic E-state index is 0.0216. The molecule has 0 radical (unpaired) electrons. The molecule has 0 N–H and O–H groups in total. The Bertz CT molecular complexity index is 881. The van der Waals surface area contributed by atoms with Gasteiger partial charge in [-0.2, -0.15) is 0 Å². The van der Waals surface area contributed by atoms with Gasteiger partial charge in [-0.15, -0.1) is 11.8 Å². The average Bonchev–Trinajstić information content (AvgIpc) is 3.05. The van der Waals surface area contributed by atoms with E-state index in [4.69, 9.17) is 9.72 Å². The third-order valence-electron chi connectivity index (χ3n) is 3.76. The van der Waals surface area contributed by atoms with Gasteiger partial charge in [0.25, 0.3) is 0 Å². The number of benzene rings is 2. The topological polar surface area (TPSA) is 42.4 Å². The van der Waals surface area contributed by atoms with Gasteiger partial charge < -0.3 is 4.74 Å². The van der Waals surface area contributed by atoms with Crippen LogP contribution in [0.3, 0.4) is 0 Å². The molecule has 0 bridgehead atoms. The van der Waals surface area contributed by atoms with E-state index in [9.17, 15) is 4.79 Å². The van der Waals surface area contributed by atoms with E-state index < -0.39 is 0 Å². The quantitative estimate of drug-likeness (QED) is 0.517. The molecule has 1 aromatic heterocycles. The molecule has 2 aromatic carbocycles. The lowest BCUT2D eigenvalue weighted by atomic mass is 10.2. The summed E-state index contributed by atoms with van der Waals surface area (Å²) in [7, 11) is 0. The lowest BCUT2D eigenvalue weighted by Gasteiger charge is -2.23. The second kappa shape index (κ2) is 8.31. The van der Waals surface area contributed by atoms with Gasteiger partial charge in [0, 0.05) is 4.75 Å². The van der Waals surface area contributed by atoms with Crippen molar-refractivity contribution in [1.82, 2.24) is 4.98 Å². The predicted molar refractivity (Wildman–Crippen MR) is 117 cm³/mol. The summed E-state index contributed by atoms with van der Waals surface area (Å²) in [4.78, 5) is 19.5. The number of amides is 1. The van der Waals surface area contributed by atoms with Crippen LogP contribution in [0.1, 0.15) is 27.7 Å². The summed E-state index contributed by atoms with van der Waals surface area (Å²) in [6.45, 7) is 8.91. The van der Waals surface area contributed by atoms with Crippen LogP contribution in [0, 0.1) is 0 Å². The Balaban J connectivity index is 1.96. The van der Waals surface area contributed by atoms with Crippen LogP contribution in [0.25, 0.3) is 10.2 Å². The molecule has 0 saturated carbocycles. The van der Waals surface area contributed by atoms with E-state index in [1.165, 1.54) is 11.3 Å². The highest BCUT2D eigenvalue weighted by atomic mass is 32.2. The minimum absolute atomic E-state index is 0.0216. The van der Waals surface area contributed by atoms with Crippen molar-refractivity contribution in [2.45, 2.75) is 32.4 Å². The number of rotatable bonds is 6. The van der Waals surface area contributed by atoms with E-state index in [1.54, 1.807) is 16.7 Å². The molecule has 0 atom stereocenters. The fourth-order valence-corrected chi connectivity index (χ4v) is 4.21. The lowest BCUT2D eigenvalue weighted by molar-refractivity contribution is -0.115. The first-order valence-electron chi connectivity index (χ1n) is 8.93. The van der Waals surface area contributed by atoms with Crippen molar-refractivity contribution in [3.63, 3.8) is 0 Å². The highest BCUT2D eigenvalue weighted by Crippen LogP contribution is 2.35. The second-order valence-corrected chi connectivity index (χ2v) is 9.83. The maximum atomic E-state index is 13.1. The maximum absolute atomic E-state index is 13.1. The molecule has 1 heterocycles. The first kappa shape index (κ1) is 19.7. The van der Waals surface area contributed by atoms with Crippen molar-refractivity contribution in [3.05, 3.63) is 48.5 Å². The Hall–Kier alpha value is -2.05. The summed E-state index contributed by atoms with van der Waals surface area (Å²) >= 11 is 3.17. The minimum Gasteiger partial charge on any atom is -0.494 e. The summed E-state index contributed by atoms with van der Waals surface area (Å²) in [6, 6.07) is 15.6. The molecule has 0 aliphatic rings. The van der Waals surface area contributed by atoms with Gasteiger partial charge in [-0.1, -0.05) is 44.2 Å². The summed E-state index contributed by atoms with van der Waals surface area (Å²) in [6.07, 6.45) is 0. The number of anilines is 2. The number of para-hydroxylation sites is 1. The third-order valence-corrected chi connectivity index (χ3v) is 6.04. The Morgan fingerprint density at radius 1 is 1.15 bits per heavy atom. The molecule has 1 amide bonds. The predicted octanol–water partition coefficient (Wildman–Crippen LogP) is 5.89. The maximum Gasteiger partial charge on any atom is 0.243 e. The van der Waals surface area contributed by atoms with Crippen molar-refractivity contribution < 1.29 is 9.53 Å². The van der Waals surface area contributed by atoms with Crippen molar-refractivity contribution >= 4 is 50.0 Å². The van der Waals surface area contributed by atoms with Crippen LogP contribution in [0.5, 0.6) is 5.75 Å². The summed E-state index contributed by atoms with van der Waals surface area (Å²) in [5.74, 6) is 1.22. The van der Waals surface area contributed by atoms with E-state index >= 15 is 0 Å². The van der Waals surface area contributed by atoms with Crippen molar-refractivity contribution in [2.24, 2.45) is 0 Å². The van der Waals surface area contributed by atoms with E-state index in [1.807, 2.05) is 55.5 Å². The van der Waals surface area contributed by atoms with Crippen LogP contribution in [-0.2, 0) is 4.79 Å². The molecular weight excluding hydrogens is 376 g/mol. The first-order valence-corrected chi connectivity index (χ1v) is 10.7. The van der Waals surface area contributed by atoms with E-state index in [-0.39, 0.29) is 10.7 Å². The fourth-order valence-electron chi connectivity index (χ4n) is 2.52. The normalized spacial score (nSPS) is 11.6. The number of aromatic nitrogens is 1. The van der Waals surface area contributed by atoms with Crippen LogP contribution >= 0.6 is 23.1 Å². The van der Waals surface area contributed by atoms with Gasteiger partial charge in [0.15, 0.2) is 5.13 Å². The molecule has 142 valence electrons. The molecular formula is C21H24N2O2S2. The second-order valence-electron chi connectivity index (χ2n) is 7.02. The molecule has 0 unspecified atom stereocenters. The summed E-state index contributed by atoms with van der Waals surface area (Å²) in [5.41, 5.74) is 1.71. The molecule has 6 heteroatoms. The number of nitrogens with zero attached hydrogens (tertiary/aromatic N) is 2. The number of carbonyl (C=O) groups is 1. The van der Waals surface area contributed by atoms with Gasteiger partial charge in [-0.25, -0.2) is 4.98 Å². The van der Waals surface area contributed by atoms with Gasteiger partial charge in [0.05, 0.1) is 28.3 Å². The van der Waals surface area contributed by atoms with Crippen LogP contribution < -0.4 is 9.64 Å². The zero-order chi connectivity index (χ0) is 19.4. The first-order chi connectivity index (χ1) is 12.9. The van der Waals surface area contributed by atoms with E-state index in [0.717, 1.165) is 21.7 Å². The zero-order valence-electron chi connectivity index (χ0n) is 16.1. The van der Waals surface area contributed by atoms with Crippen LogP contribution in [0.2, 0.25) is 0 Å². The van der Waals surface area contributed by atoms with Gasteiger partial charge in [-0.3, -0.25) is 9.69 Å². The molecule has 0 aliphatic heterocycles. The highest BCUT2D eigenvalue weighted by molar-refractivity contribution is 8.01. The number of thiazole rings is 1. The Labute approximate surface area is 168 Å². The third kappa shape index (κ3) is 5.02. The standard InChI is InChI=1S/C21H24N2O2S2/c1-5-25-16-12-10-15(11-13-16)23(19(24)14-26-21(2,3)4)20-22-17-8-6-7-9-18(17)27-20/h6-13H,5,14H2,1-4H3. The van der Waals surface area contributed by atoms with Crippen molar-refractivity contribution in [3.8, 4) is 5.75 Å². The number of hydrogen-bond donors (Lipinski definition) is 0. The zero-order valence-corrected chi connectivity index (χ0v) is 17.7. The van der Waals surface area contributed by atoms with Gasteiger partial charge in [0.1, 0.15) is 5.75 Å². The number of hydrogen-bond acceptors (Lipinski definition) is 5. The Kier molecular flexibility index (Phi) is 6.07. The summed E-state index contributed by atoms with van der Waals surface area (Å²) in [5, 5.41) is 0.694. The molecule has 0 saturated heterocycles. The fraction of sp³-hybridized carbons (Fsp3) is 0.333. The van der Waals surface area contributed by atoms with Gasteiger partial charge in [-0.05, 0) is 43.3 Å². The molecule has 3 rings (SSSR count). The van der Waals surface area contributed by atoms with Crippen LogP contribution in [0.15, 0.2) is 48.5 Å². The Morgan fingerprint density at radius 3 is 2.48 bits per heavy atom.